The predicted octanol–water partition coefficient (Wildman–Crippen LogP) is 1.73. The third-order valence-electron chi connectivity index (χ3n) is 3.04. The Morgan fingerprint density at radius 1 is 1.33 bits per heavy atom. The number of carbonyl (C=O) groups is 3. The summed E-state index contributed by atoms with van der Waals surface area (Å²) in [5, 5.41) is 2.63. The molecule has 0 aromatic heterocycles. The molecule has 0 radical (unpaired) electrons. The summed E-state index contributed by atoms with van der Waals surface area (Å²) in [6.45, 7) is 9.84. The molecular formula is C15H26N2O4. The summed E-state index contributed by atoms with van der Waals surface area (Å²) in [7, 11) is 0. The molecule has 1 heterocycles. The van der Waals surface area contributed by atoms with Gasteiger partial charge >= 0.3 is 6.09 Å². The summed E-state index contributed by atoms with van der Waals surface area (Å²) >= 11 is 0. The van der Waals surface area contributed by atoms with E-state index in [1.807, 2.05) is 13.8 Å². The lowest BCUT2D eigenvalue weighted by molar-refractivity contribution is -0.134. The molecule has 0 spiro atoms. The summed E-state index contributed by atoms with van der Waals surface area (Å²) in [6.07, 6.45) is 0.307. The van der Waals surface area contributed by atoms with Crippen molar-refractivity contribution >= 4 is 17.8 Å². The average Bonchev–Trinajstić information content (AvgIpc) is 2.70. The minimum Gasteiger partial charge on any atom is -0.444 e. The van der Waals surface area contributed by atoms with Gasteiger partial charge in [-0.2, -0.15) is 0 Å². The Hall–Kier alpha value is -1.59. The van der Waals surface area contributed by atoms with E-state index in [9.17, 15) is 14.4 Å². The third kappa shape index (κ3) is 6.14. The van der Waals surface area contributed by atoms with Gasteiger partial charge in [-0.05, 0) is 33.1 Å². The third-order valence-corrected chi connectivity index (χ3v) is 3.04. The molecule has 1 N–H and O–H groups in total. The summed E-state index contributed by atoms with van der Waals surface area (Å²) in [6, 6.07) is -0.647. The van der Waals surface area contributed by atoms with E-state index in [0.29, 0.717) is 19.4 Å². The summed E-state index contributed by atoms with van der Waals surface area (Å²) < 4.78 is 5.20. The van der Waals surface area contributed by atoms with Gasteiger partial charge in [-0.1, -0.05) is 13.8 Å². The van der Waals surface area contributed by atoms with Crippen molar-refractivity contribution in [2.45, 2.75) is 59.1 Å². The Morgan fingerprint density at radius 3 is 2.38 bits per heavy atom. The molecule has 0 saturated carbocycles. The number of alkyl carbamates (subject to hydrolysis) is 1. The van der Waals surface area contributed by atoms with Crippen molar-refractivity contribution in [2.75, 3.05) is 13.1 Å². The Bertz CT molecular complexity index is 412. The van der Waals surface area contributed by atoms with Crippen LogP contribution in [0.3, 0.4) is 0 Å². The summed E-state index contributed by atoms with van der Waals surface area (Å²) in [5.41, 5.74) is -0.612. The Kier molecular flexibility index (Phi) is 5.75. The standard InChI is InChI=1S/C15H26N2O4/c1-10(2)8-12(16-14(20)21-15(3,4)5)13(19)17-7-6-11(18)9-17/h10,12H,6-9H2,1-5H3,(H,16,20). The van der Waals surface area contributed by atoms with Crippen LogP contribution < -0.4 is 5.32 Å². The molecule has 0 bridgehead atoms. The fraction of sp³-hybridized carbons (Fsp3) is 0.800. The van der Waals surface area contributed by atoms with Crippen molar-refractivity contribution in [3.05, 3.63) is 0 Å². The molecule has 21 heavy (non-hydrogen) atoms. The van der Waals surface area contributed by atoms with Crippen LogP contribution in [0.5, 0.6) is 0 Å². The van der Waals surface area contributed by atoms with Crippen LogP contribution in [-0.2, 0) is 14.3 Å². The largest absolute Gasteiger partial charge is 0.444 e. The van der Waals surface area contributed by atoms with Gasteiger partial charge < -0.3 is 15.0 Å². The molecule has 1 fully saturated rings. The zero-order chi connectivity index (χ0) is 16.2. The minimum absolute atomic E-state index is 0.0592. The van der Waals surface area contributed by atoms with E-state index in [-0.39, 0.29) is 24.2 Å². The quantitative estimate of drug-likeness (QED) is 0.857. The maximum Gasteiger partial charge on any atom is 0.408 e. The highest BCUT2D eigenvalue weighted by atomic mass is 16.6. The molecule has 1 rings (SSSR count). The highest BCUT2D eigenvalue weighted by Crippen LogP contribution is 2.13. The molecule has 1 saturated heterocycles. The molecule has 2 amide bonds. The van der Waals surface area contributed by atoms with Crippen LogP contribution in [0.2, 0.25) is 0 Å². The van der Waals surface area contributed by atoms with Gasteiger partial charge in [0.15, 0.2) is 5.78 Å². The fourth-order valence-corrected chi connectivity index (χ4v) is 2.18. The van der Waals surface area contributed by atoms with Gasteiger partial charge in [0.1, 0.15) is 11.6 Å². The fourth-order valence-electron chi connectivity index (χ4n) is 2.18. The first kappa shape index (κ1) is 17.5. The molecule has 0 aliphatic carbocycles. The zero-order valence-electron chi connectivity index (χ0n) is 13.6. The van der Waals surface area contributed by atoms with Crippen LogP contribution in [0.25, 0.3) is 0 Å². The molecule has 6 nitrogen and oxygen atoms in total. The van der Waals surface area contributed by atoms with Crippen LogP contribution in [-0.4, -0.2) is 47.4 Å². The van der Waals surface area contributed by atoms with Gasteiger partial charge in [-0.25, -0.2) is 4.79 Å². The van der Waals surface area contributed by atoms with Gasteiger partial charge in [0.05, 0.1) is 6.54 Å². The predicted molar refractivity (Wildman–Crippen MR) is 78.8 cm³/mol. The molecule has 1 unspecified atom stereocenters. The first-order valence-electron chi connectivity index (χ1n) is 7.38. The van der Waals surface area contributed by atoms with E-state index >= 15 is 0 Å². The lowest BCUT2D eigenvalue weighted by atomic mass is 10.0. The molecule has 120 valence electrons. The molecule has 1 aliphatic rings. The number of hydrogen-bond donors (Lipinski definition) is 1. The van der Waals surface area contributed by atoms with Crippen molar-refractivity contribution in [1.29, 1.82) is 0 Å². The second kappa shape index (κ2) is 6.91. The van der Waals surface area contributed by atoms with Gasteiger partial charge in [0, 0.05) is 13.0 Å². The zero-order valence-corrected chi connectivity index (χ0v) is 13.6. The maximum absolute atomic E-state index is 12.4. The summed E-state index contributed by atoms with van der Waals surface area (Å²) in [4.78, 5) is 37.1. The number of ether oxygens (including phenoxy) is 1. The van der Waals surface area contributed by atoms with Crippen molar-refractivity contribution < 1.29 is 19.1 Å². The van der Waals surface area contributed by atoms with Crippen molar-refractivity contribution in [3.63, 3.8) is 0 Å². The second-order valence-electron chi connectivity index (χ2n) is 6.88. The highest BCUT2D eigenvalue weighted by Gasteiger charge is 2.32. The topological polar surface area (TPSA) is 75.7 Å². The Labute approximate surface area is 126 Å². The van der Waals surface area contributed by atoms with Crippen LogP contribution >= 0.6 is 0 Å². The van der Waals surface area contributed by atoms with Crippen LogP contribution in [0.1, 0.15) is 47.5 Å². The van der Waals surface area contributed by atoms with Crippen LogP contribution in [0, 0.1) is 5.92 Å². The molecular weight excluding hydrogens is 272 g/mol. The van der Waals surface area contributed by atoms with E-state index in [0.717, 1.165) is 0 Å². The number of carbonyl (C=O) groups excluding carboxylic acids is 3. The number of ketones is 1. The number of amides is 2. The number of likely N-dealkylation sites (tertiary alicyclic amines) is 1. The number of nitrogens with zero attached hydrogens (tertiary/aromatic N) is 1. The lowest BCUT2D eigenvalue weighted by Crippen LogP contribution is -2.49. The maximum atomic E-state index is 12.4. The van der Waals surface area contributed by atoms with E-state index in [1.165, 1.54) is 4.90 Å². The van der Waals surface area contributed by atoms with Gasteiger partial charge in [0.25, 0.3) is 0 Å². The SMILES string of the molecule is CC(C)CC(NC(=O)OC(C)(C)C)C(=O)N1CCC(=O)C1. The number of Topliss-reactive ketones (excluding diaryl/α,β-unsaturated/α-hetero) is 1. The number of rotatable bonds is 4. The minimum atomic E-state index is -0.647. The first-order chi connectivity index (χ1) is 9.58. The van der Waals surface area contributed by atoms with E-state index < -0.39 is 17.7 Å². The Balaban J connectivity index is 2.69. The molecule has 1 atom stereocenters. The van der Waals surface area contributed by atoms with E-state index in [1.54, 1.807) is 20.8 Å². The van der Waals surface area contributed by atoms with Crippen molar-refractivity contribution in [3.8, 4) is 0 Å². The Morgan fingerprint density at radius 2 is 1.95 bits per heavy atom. The normalized spacial score (nSPS) is 17.0. The van der Waals surface area contributed by atoms with Crippen molar-refractivity contribution in [2.24, 2.45) is 5.92 Å². The van der Waals surface area contributed by atoms with E-state index in [2.05, 4.69) is 5.32 Å². The van der Waals surface area contributed by atoms with E-state index in [4.69, 9.17) is 4.74 Å². The van der Waals surface area contributed by atoms with Gasteiger partial charge in [0.2, 0.25) is 5.91 Å². The van der Waals surface area contributed by atoms with Crippen LogP contribution in [0.15, 0.2) is 0 Å². The first-order valence-corrected chi connectivity index (χ1v) is 7.38. The van der Waals surface area contributed by atoms with Crippen molar-refractivity contribution in [1.82, 2.24) is 10.2 Å². The number of hydrogen-bond acceptors (Lipinski definition) is 4. The smallest absolute Gasteiger partial charge is 0.408 e. The molecule has 0 aromatic carbocycles. The highest BCUT2D eigenvalue weighted by molar-refractivity contribution is 5.92. The lowest BCUT2D eigenvalue weighted by Gasteiger charge is -2.26. The summed E-state index contributed by atoms with van der Waals surface area (Å²) in [5.74, 6) is 0.0940. The number of nitrogens with one attached hydrogen (secondary N) is 1. The molecule has 0 aromatic rings. The van der Waals surface area contributed by atoms with Gasteiger partial charge in [-0.15, -0.1) is 0 Å². The molecule has 1 aliphatic heterocycles. The van der Waals surface area contributed by atoms with Crippen LogP contribution in [0.4, 0.5) is 4.79 Å². The average molecular weight is 298 g/mol. The van der Waals surface area contributed by atoms with Gasteiger partial charge in [-0.3, -0.25) is 9.59 Å². The molecule has 6 heteroatoms. The second-order valence-corrected chi connectivity index (χ2v) is 6.88. The monoisotopic (exact) mass is 298 g/mol.